The van der Waals surface area contributed by atoms with Gasteiger partial charge in [-0.3, -0.25) is 0 Å². The van der Waals surface area contributed by atoms with E-state index in [0.29, 0.717) is 11.3 Å². The molecule has 1 atom stereocenters. The van der Waals surface area contributed by atoms with Crippen LogP contribution in [0.15, 0.2) is 54.6 Å². The fourth-order valence-electron chi connectivity index (χ4n) is 1.95. The number of anilines is 1. The number of nitrogens with one attached hydrogen (secondary N) is 1. The predicted octanol–water partition coefficient (Wildman–Crippen LogP) is 2.45. The van der Waals surface area contributed by atoms with Gasteiger partial charge in [0.25, 0.3) is 0 Å². The molecule has 0 amide bonds. The SMILES string of the molecule is CC(NS(=O)(=O)Cc1ccc(N)cc1)c1ccccc1. The van der Waals surface area contributed by atoms with Crippen molar-refractivity contribution in [1.82, 2.24) is 4.72 Å². The molecule has 0 saturated carbocycles. The highest BCUT2D eigenvalue weighted by Crippen LogP contribution is 2.15. The zero-order valence-electron chi connectivity index (χ0n) is 11.3. The van der Waals surface area contributed by atoms with Gasteiger partial charge in [-0.2, -0.15) is 0 Å². The monoisotopic (exact) mass is 290 g/mol. The van der Waals surface area contributed by atoms with Gasteiger partial charge in [0.1, 0.15) is 0 Å². The molecule has 0 aliphatic rings. The maximum atomic E-state index is 12.1. The molecule has 4 nitrogen and oxygen atoms in total. The topological polar surface area (TPSA) is 72.2 Å². The normalized spacial score (nSPS) is 13.1. The standard InChI is InChI=1S/C15H18N2O2S/c1-12(14-5-3-2-4-6-14)17-20(18,19)11-13-7-9-15(16)10-8-13/h2-10,12,17H,11,16H2,1H3. The van der Waals surface area contributed by atoms with E-state index < -0.39 is 10.0 Å². The van der Waals surface area contributed by atoms with Crippen molar-refractivity contribution in [1.29, 1.82) is 0 Å². The molecule has 0 saturated heterocycles. The van der Waals surface area contributed by atoms with E-state index in [1.165, 1.54) is 0 Å². The minimum absolute atomic E-state index is 0.0511. The van der Waals surface area contributed by atoms with Gasteiger partial charge in [-0.25, -0.2) is 13.1 Å². The summed E-state index contributed by atoms with van der Waals surface area (Å²) in [5.41, 5.74) is 7.86. The van der Waals surface area contributed by atoms with Crippen molar-refractivity contribution in [2.75, 3.05) is 5.73 Å². The number of sulfonamides is 1. The number of benzene rings is 2. The van der Waals surface area contributed by atoms with E-state index >= 15 is 0 Å². The van der Waals surface area contributed by atoms with Crippen LogP contribution in [0.4, 0.5) is 5.69 Å². The lowest BCUT2D eigenvalue weighted by atomic mass is 10.1. The number of nitrogen functional groups attached to an aromatic ring is 1. The molecule has 1 unspecified atom stereocenters. The molecular weight excluding hydrogens is 272 g/mol. The first kappa shape index (κ1) is 14.6. The summed E-state index contributed by atoms with van der Waals surface area (Å²) < 4.78 is 26.9. The Morgan fingerprint density at radius 2 is 1.65 bits per heavy atom. The van der Waals surface area contributed by atoms with Crippen LogP contribution >= 0.6 is 0 Å². The first-order valence-electron chi connectivity index (χ1n) is 6.36. The number of hydrogen-bond donors (Lipinski definition) is 2. The van der Waals surface area contributed by atoms with E-state index in [9.17, 15) is 8.42 Å². The average Bonchev–Trinajstić information content (AvgIpc) is 2.41. The fraction of sp³-hybridized carbons (Fsp3) is 0.200. The van der Waals surface area contributed by atoms with Gasteiger partial charge >= 0.3 is 0 Å². The minimum Gasteiger partial charge on any atom is -0.399 e. The van der Waals surface area contributed by atoms with Gasteiger partial charge in [0.05, 0.1) is 5.75 Å². The van der Waals surface area contributed by atoms with E-state index in [1.807, 2.05) is 37.3 Å². The molecule has 2 rings (SSSR count). The summed E-state index contributed by atoms with van der Waals surface area (Å²) >= 11 is 0. The Labute approximate surface area is 119 Å². The van der Waals surface area contributed by atoms with E-state index in [-0.39, 0.29) is 11.8 Å². The highest BCUT2D eigenvalue weighted by Gasteiger charge is 2.16. The van der Waals surface area contributed by atoms with E-state index in [1.54, 1.807) is 24.3 Å². The molecule has 0 aliphatic carbocycles. The van der Waals surface area contributed by atoms with Crippen molar-refractivity contribution in [3.05, 3.63) is 65.7 Å². The maximum absolute atomic E-state index is 12.1. The molecule has 0 bridgehead atoms. The van der Waals surface area contributed by atoms with Gasteiger partial charge < -0.3 is 5.73 Å². The van der Waals surface area contributed by atoms with Crippen molar-refractivity contribution in [2.45, 2.75) is 18.7 Å². The second kappa shape index (κ2) is 6.07. The van der Waals surface area contributed by atoms with Crippen molar-refractivity contribution < 1.29 is 8.42 Å². The number of nitrogens with two attached hydrogens (primary N) is 1. The Balaban J connectivity index is 2.06. The molecule has 106 valence electrons. The lowest BCUT2D eigenvalue weighted by Gasteiger charge is -2.14. The van der Waals surface area contributed by atoms with Crippen LogP contribution in [-0.4, -0.2) is 8.42 Å². The van der Waals surface area contributed by atoms with E-state index in [4.69, 9.17) is 5.73 Å². The molecule has 0 aromatic heterocycles. The summed E-state index contributed by atoms with van der Waals surface area (Å²) in [6.07, 6.45) is 0. The number of hydrogen-bond acceptors (Lipinski definition) is 3. The first-order chi connectivity index (χ1) is 9.46. The molecular formula is C15H18N2O2S. The maximum Gasteiger partial charge on any atom is 0.216 e. The molecule has 0 aliphatic heterocycles. The van der Waals surface area contributed by atoms with Crippen molar-refractivity contribution in [3.8, 4) is 0 Å². The molecule has 3 N–H and O–H groups in total. The van der Waals surface area contributed by atoms with Crippen molar-refractivity contribution >= 4 is 15.7 Å². The molecule has 0 radical (unpaired) electrons. The third kappa shape index (κ3) is 4.08. The molecule has 0 spiro atoms. The zero-order chi connectivity index (χ0) is 14.6. The Morgan fingerprint density at radius 1 is 1.05 bits per heavy atom. The second-order valence-electron chi connectivity index (χ2n) is 4.75. The van der Waals surface area contributed by atoms with Gasteiger partial charge in [-0.05, 0) is 30.2 Å². The van der Waals surface area contributed by atoms with Crippen LogP contribution in [0.1, 0.15) is 24.1 Å². The largest absolute Gasteiger partial charge is 0.399 e. The quantitative estimate of drug-likeness (QED) is 0.831. The van der Waals surface area contributed by atoms with Crippen LogP contribution in [0.5, 0.6) is 0 Å². The third-order valence-corrected chi connectivity index (χ3v) is 4.42. The molecule has 2 aromatic rings. The highest BCUT2D eigenvalue weighted by molar-refractivity contribution is 7.88. The Kier molecular flexibility index (Phi) is 4.42. The molecule has 20 heavy (non-hydrogen) atoms. The summed E-state index contributed by atoms with van der Waals surface area (Å²) in [5.74, 6) is -0.0511. The summed E-state index contributed by atoms with van der Waals surface area (Å²) in [5, 5.41) is 0. The Hall–Kier alpha value is -1.85. The molecule has 5 heteroatoms. The number of rotatable bonds is 5. The lowest BCUT2D eigenvalue weighted by molar-refractivity contribution is 0.566. The van der Waals surface area contributed by atoms with Crippen molar-refractivity contribution in [3.63, 3.8) is 0 Å². The van der Waals surface area contributed by atoms with Crippen LogP contribution in [0.2, 0.25) is 0 Å². The molecule has 0 heterocycles. The van der Waals surface area contributed by atoms with Crippen LogP contribution in [0.3, 0.4) is 0 Å². The summed E-state index contributed by atoms with van der Waals surface area (Å²) in [7, 11) is -3.39. The predicted molar refractivity (Wildman–Crippen MR) is 81.5 cm³/mol. The van der Waals surface area contributed by atoms with Crippen LogP contribution < -0.4 is 10.5 Å². The smallest absolute Gasteiger partial charge is 0.216 e. The van der Waals surface area contributed by atoms with E-state index in [0.717, 1.165) is 5.56 Å². The Morgan fingerprint density at radius 3 is 2.25 bits per heavy atom. The lowest BCUT2D eigenvalue weighted by Crippen LogP contribution is -2.28. The van der Waals surface area contributed by atoms with Crippen LogP contribution in [-0.2, 0) is 15.8 Å². The van der Waals surface area contributed by atoms with Crippen LogP contribution in [0.25, 0.3) is 0 Å². The van der Waals surface area contributed by atoms with Gasteiger partial charge in [0, 0.05) is 11.7 Å². The minimum atomic E-state index is -3.39. The zero-order valence-corrected chi connectivity index (χ0v) is 12.1. The third-order valence-electron chi connectivity index (χ3n) is 2.99. The van der Waals surface area contributed by atoms with Gasteiger partial charge in [-0.15, -0.1) is 0 Å². The summed E-state index contributed by atoms with van der Waals surface area (Å²) in [6.45, 7) is 1.83. The van der Waals surface area contributed by atoms with Gasteiger partial charge in [-0.1, -0.05) is 42.5 Å². The second-order valence-corrected chi connectivity index (χ2v) is 6.50. The van der Waals surface area contributed by atoms with Crippen LogP contribution in [0, 0.1) is 0 Å². The average molecular weight is 290 g/mol. The summed E-state index contributed by atoms with van der Waals surface area (Å²) in [4.78, 5) is 0. The van der Waals surface area contributed by atoms with Crippen molar-refractivity contribution in [2.24, 2.45) is 0 Å². The first-order valence-corrected chi connectivity index (χ1v) is 8.01. The fourth-order valence-corrected chi connectivity index (χ4v) is 3.34. The Bertz CT molecular complexity index is 652. The molecule has 2 aromatic carbocycles. The van der Waals surface area contributed by atoms with Gasteiger partial charge in [0.15, 0.2) is 0 Å². The van der Waals surface area contributed by atoms with E-state index in [2.05, 4.69) is 4.72 Å². The molecule has 0 fully saturated rings. The van der Waals surface area contributed by atoms with Gasteiger partial charge in [0.2, 0.25) is 10.0 Å². The summed E-state index contributed by atoms with van der Waals surface area (Å²) in [6, 6.07) is 16.1. The highest BCUT2D eigenvalue weighted by atomic mass is 32.2.